The fourth-order valence-corrected chi connectivity index (χ4v) is 1.47. The van der Waals surface area contributed by atoms with E-state index >= 15 is 0 Å². The van der Waals surface area contributed by atoms with Gasteiger partial charge in [-0.25, -0.2) is 0 Å². The fraction of sp³-hybridized carbons (Fsp3) is 0.875. The normalized spacial score (nSPS) is 30.1. The molecule has 1 saturated carbocycles. The zero-order valence-electron chi connectivity index (χ0n) is 6.34. The van der Waals surface area contributed by atoms with E-state index in [4.69, 9.17) is 5.11 Å². The molecule has 0 aromatic carbocycles. The van der Waals surface area contributed by atoms with Gasteiger partial charge in [0.15, 0.2) is 0 Å². The van der Waals surface area contributed by atoms with Gasteiger partial charge >= 0.3 is 5.97 Å². The van der Waals surface area contributed by atoms with Gasteiger partial charge in [0.25, 0.3) is 0 Å². The molecule has 0 heterocycles. The van der Waals surface area contributed by atoms with E-state index in [1.54, 1.807) is 0 Å². The lowest BCUT2D eigenvalue weighted by atomic mass is 10.2. The summed E-state index contributed by atoms with van der Waals surface area (Å²) in [5, 5.41) is 8.35. The maximum Gasteiger partial charge on any atom is 0.303 e. The van der Waals surface area contributed by atoms with Crippen LogP contribution in [0.2, 0.25) is 0 Å². The lowest BCUT2D eigenvalue weighted by molar-refractivity contribution is -0.137. The van der Waals surface area contributed by atoms with Crippen LogP contribution in [0.15, 0.2) is 0 Å². The van der Waals surface area contributed by atoms with Crippen LogP contribution in [0.4, 0.5) is 0 Å². The number of aliphatic carboxylic acids is 1. The van der Waals surface area contributed by atoms with Gasteiger partial charge in [-0.2, -0.15) is 0 Å². The van der Waals surface area contributed by atoms with Crippen molar-refractivity contribution in [1.29, 1.82) is 0 Å². The van der Waals surface area contributed by atoms with E-state index in [9.17, 15) is 4.79 Å². The number of hydrogen-bond acceptors (Lipinski definition) is 1. The van der Waals surface area contributed by atoms with Crippen LogP contribution in [0.5, 0.6) is 0 Å². The summed E-state index contributed by atoms with van der Waals surface area (Å²) in [4.78, 5) is 10.1. The van der Waals surface area contributed by atoms with Crippen molar-refractivity contribution in [2.75, 3.05) is 0 Å². The highest BCUT2D eigenvalue weighted by Gasteiger charge is 2.34. The lowest BCUT2D eigenvalue weighted by Crippen LogP contribution is -1.95. The molecule has 2 nitrogen and oxygen atoms in total. The number of rotatable bonds is 4. The quantitative estimate of drug-likeness (QED) is 0.650. The highest BCUT2D eigenvalue weighted by atomic mass is 16.4. The van der Waals surface area contributed by atoms with Crippen molar-refractivity contribution in [3.63, 3.8) is 0 Å². The van der Waals surface area contributed by atoms with Crippen LogP contribution in [0.25, 0.3) is 0 Å². The van der Waals surface area contributed by atoms with E-state index in [1.165, 1.54) is 12.8 Å². The molecule has 0 saturated heterocycles. The second-order valence-electron chi connectivity index (χ2n) is 3.10. The smallest absolute Gasteiger partial charge is 0.303 e. The maximum absolute atomic E-state index is 10.1. The summed E-state index contributed by atoms with van der Waals surface area (Å²) >= 11 is 0. The SMILES string of the molecule is CCC1CC1CCC(=O)O. The Labute approximate surface area is 61.2 Å². The van der Waals surface area contributed by atoms with Crippen molar-refractivity contribution in [3.8, 4) is 0 Å². The highest BCUT2D eigenvalue weighted by Crippen LogP contribution is 2.44. The summed E-state index contributed by atoms with van der Waals surface area (Å²) < 4.78 is 0. The van der Waals surface area contributed by atoms with Crippen molar-refractivity contribution in [2.45, 2.75) is 32.6 Å². The molecule has 58 valence electrons. The monoisotopic (exact) mass is 142 g/mol. The molecule has 0 spiro atoms. The van der Waals surface area contributed by atoms with E-state index in [-0.39, 0.29) is 0 Å². The van der Waals surface area contributed by atoms with Gasteiger partial charge in [0.1, 0.15) is 0 Å². The molecule has 0 aromatic rings. The van der Waals surface area contributed by atoms with Crippen LogP contribution in [0.1, 0.15) is 32.6 Å². The van der Waals surface area contributed by atoms with E-state index in [1.807, 2.05) is 0 Å². The Morgan fingerprint density at radius 1 is 1.60 bits per heavy atom. The Morgan fingerprint density at radius 2 is 2.30 bits per heavy atom. The third-order valence-electron chi connectivity index (χ3n) is 2.32. The number of carboxylic acid groups (broad SMARTS) is 1. The van der Waals surface area contributed by atoms with Crippen LogP contribution in [0, 0.1) is 11.8 Å². The Kier molecular flexibility index (Phi) is 2.30. The van der Waals surface area contributed by atoms with Crippen LogP contribution in [0.3, 0.4) is 0 Å². The molecule has 1 aliphatic carbocycles. The Bertz CT molecular complexity index is 131. The molecule has 2 unspecified atom stereocenters. The van der Waals surface area contributed by atoms with Crippen molar-refractivity contribution < 1.29 is 9.90 Å². The second kappa shape index (κ2) is 3.04. The third kappa shape index (κ3) is 2.01. The van der Waals surface area contributed by atoms with Gasteiger partial charge in [0.05, 0.1) is 0 Å². The predicted octanol–water partition coefficient (Wildman–Crippen LogP) is 1.90. The largest absolute Gasteiger partial charge is 0.481 e. The third-order valence-corrected chi connectivity index (χ3v) is 2.32. The van der Waals surface area contributed by atoms with E-state index in [0.717, 1.165) is 18.3 Å². The second-order valence-corrected chi connectivity index (χ2v) is 3.10. The number of carboxylic acids is 1. The van der Waals surface area contributed by atoms with Crippen LogP contribution >= 0.6 is 0 Å². The molecule has 1 fully saturated rings. The summed E-state index contributed by atoms with van der Waals surface area (Å²) in [6, 6.07) is 0. The topological polar surface area (TPSA) is 37.3 Å². The average molecular weight is 142 g/mol. The first kappa shape index (κ1) is 7.58. The fourth-order valence-electron chi connectivity index (χ4n) is 1.47. The molecule has 0 aliphatic heterocycles. The van der Waals surface area contributed by atoms with E-state index in [2.05, 4.69) is 6.92 Å². The Balaban J connectivity index is 2.01. The minimum absolute atomic E-state index is 0.362. The number of carbonyl (C=O) groups is 1. The first-order chi connectivity index (χ1) is 4.74. The Morgan fingerprint density at radius 3 is 2.70 bits per heavy atom. The van der Waals surface area contributed by atoms with Crippen molar-refractivity contribution in [1.82, 2.24) is 0 Å². The van der Waals surface area contributed by atoms with Gasteiger partial charge < -0.3 is 5.11 Å². The van der Waals surface area contributed by atoms with Crippen molar-refractivity contribution in [2.24, 2.45) is 11.8 Å². The average Bonchev–Trinajstić information content (AvgIpc) is 2.61. The molecule has 0 radical (unpaired) electrons. The summed E-state index contributed by atoms with van der Waals surface area (Å²) in [5.74, 6) is 0.933. The predicted molar refractivity (Wildman–Crippen MR) is 38.8 cm³/mol. The summed E-state index contributed by atoms with van der Waals surface area (Å²) in [7, 11) is 0. The lowest BCUT2D eigenvalue weighted by Gasteiger charge is -1.92. The highest BCUT2D eigenvalue weighted by molar-refractivity contribution is 5.66. The molecule has 1 aliphatic rings. The Hall–Kier alpha value is -0.530. The minimum Gasteiger partial charge on any atom is -0.481 e. The zero-order chi connectivity index (χ0) is 7.56. The van der Waals surface area contributed by atoms with Gasteiger partial charge in [-0.3, -0.25) is 4.79 Å². The summed E-state index contributed by atoms with van der Waals surface area (Å²) in [6.07, 6.45) is 3.75. The molecule has 10 heavy (non-hydrogen) atoms. The molecule has 2 atom stereocenters. The number of hydrogen-bond donors (Lipinski definition) is 1. The summed E-state index contributed by atoms with van der Waals surface area (Å²) in [5.41, 5.74) is 0. The van der Waals surface area contributed by atoms with E-state index < -0.39 is 5.97 Å². The zero-order valence-corrected chi connectivity index (χ0v) is 6.34. The molecular weight excluding hydrogens is 128 g/mol. The van der Waals surface area contributed by atoms with Gasteiger partial charge in [-0.1, -0.05) is 13.3 Å². The standard InChI is InChI=1S/C8H14O2/c1-2-6-5-7(6)3-4-8(9)10/h6-7H,2-5H2,1H3,(H,9,10). The summed E-state index contributed by atoms with van der Waals surface area (Å²) in [6.45, 7) is 2.17. The minimum atomic E-state index is -0.651. The van der Waals surface area contributed by atoms with Gasteiger partial charge in [0.2, 0.25) is 0 Å². The molecule has 0 amide bonds. The molecule has 0 aromatic heterocycles. The van der Waals surface area contributed by atoms with Crippen LogP contribution in [-0.4, -0.2) is 11.1 Å². The van der Waals surface area contributed by atoms with Crippen molar-refractivity contribution in [3.05, 3.63) is 0 Å². The molecule has 1 rings (SSSR count). The van der Waals surface area contributed by atoms with Crippen LogP contribution < -0.4 is 0 Å². The molecule has 0 bridgehead atoms. The molecule has 1 N–H and O–H groups in total. The van der Waals surface area contributed by atoms with Gasteiger partial charge in [-0.15, -0.1) is 0 Å². The first-order valence-electron chi connectivity index (χ1n) is 3.95. The van der Waals surface area contributed by atoms with E-state index in [0.29, 0.717) is 6.42 Å². The van der Waals surface area contributed by atoms with Crippen LogP contribution in [-0.2, 0) is 4.79 Å². The van der Waals surface area contributed by atoms with Gasteiger partial charge in [-0.05, 0) is 24.7 Å². The maximum atomic E-state index is 10.1. The van der Waals surface area contributed by atoms with Gasteiger partial charge in [0, 0.05) is 6.42 Å². The first-order valence-corrected chi connectivity index (χ1v) is 3.95. The molecule has 2 heteroatoms. The van der Waals surface area contributed by atoms with Crippen molar-refractivity contribution >= 4 is 5.97 Å². The molecular formula is C8H14O2.